The van der Waals surface area contributed by atoms with Crippen molar-refractivity contribution in [2.24, 2.45) is 0 Å². The van der Waals surface area contributed by atoms with Crippen LogP contribution in [-0.2, 0) is 0 Å². The number of hydrogen-bond donors (Lipinski definition) is 2. The lowest BCUT2D eigenvalue weighted by Crippen LogP contribution is -2.60. The molecule has 0 atom stereocenters. The van der Waals surface area contributed by atoms with E-state index in [0.29, 0.717) is 17.1 Å². The van der Waals surface area contributed by atoms with Crippen LogP contribution in [0.5, 0.6) is 11.6 Å². The number of aromatic nitrogens is 3. The molecule has 0 amide bonds. The largest absolute Gasteiger partial charge is 0.507 e. The van der Waals surface area contributed by atoms with Gasteiger partial charge in [-0.15, -0.1) is 10.2 Å². The van der Waals surface area contributed by atoms with Crippen molar-refractivity contribution in [3.8, 4) is 34.0 Å². The van der Waals surface area contributed by atoms with E-state index in [1.54, 1.807) is 18.5 Å². The molecule has 156 valence electrons. The Morgan fingerprint density at radius 2 is 1.60 bits per heavy atom. The predicted octanol–water partition coefficient (Wildman–Crippen LogP) is 4.60. The van der Waals surface area contributed by atoms with Crippen LogP contribution in [0, 0.1) is 0 Å². The summed E-state index contributed by atoms with van der Waals surface area (Å²) in [7, 11) is 0. The topological polar surface area (TPSA) is 80.2 Å². The highest BCUT2D eigenvalue weighted by molar-refractivity contribution is 5.73. The van der Waals surface area contributed by atoms with Crippen molar-refractivity contribution < 1.29 is 9.84 Å². The minimum atomic E-state index is 0.00212. The third-order valence-electron chi connectivity index (χ3n) is 5.37. The zero-order chi connectivity index (χ0) is 21.4. The number of pyridine rings is 1. The molecule has 6 nitrogen and oxygen atoms in total. The number of ether oxygens (including phenoxy) is 1. The minimum Gasteiger partial charge on any atom is -0.507 e. The number of aromatic hydroxyl groups is 1. The van der Waals surface area contributed by atoms with Crippen molar-refractivity contribution in [3.63, 3.8) is 0 Å². The maximum atomic E-state index is 10.5. The molecule has 1 aliphatic rings. The van der Waals surface area contributed by atoms with Crippen molar-refractivity contribution in [3.05, 3.63) is 54.9 Å². The van der Waals surface area contributed by atoms with Crippen molar-refractivity contribution in [2.45, 2.75) is 57.7 Å². The van der Waals surface area contributed by atoms with Crippen LogP contribution in [0.4, 0.5) is 0 Å². The Balaban J connectivity index is 1.50. The Hall–Kier alpha value is -2.99. The van der Waals surface area contributed by atoms with Crippen molar-refractivity contribution in [1.82, 2.24) is 20.5 Å². The van der Waals surface area contributed by atoms with Gasteiger partial charge in [0.15, 0.2) is 0 Å². The van der Waals surface area contributed by atoms with Gasteiger partial charge >= 0.3 is 0 Å². The maximum Gasteiger partial charge on any atom is 0.233 e. The molecule has 2 N–H and O–H groups in total. The van der Waals surface area contributed by atoms with Crippen LogP contribution < -0.4 is 10.1 Å². The van der Waals surface area contributed by atoms with E-state index in [-0.39, 0.29) is 22.9 Å². The Morgan fingerprint density at radius 3 is 2.20 bits per heavy atom. The lowest BCUT2D eigenvalue weighted by molar-refractivity contribution is 0.0524. The standard InChI is InChI=1S/C24H28N4O2/c1-23(2)14-18(15-24(3,4)28-23)30-22-8-7-20(26-27-22)19-6-5-17(13-21(19)29)16-9-11-25-12-10-16/h5-13,18,28-29H,14-15H2,1-4H3. The molecule has 1 aromatic carbocycles. The fraction of sp³-hybridized carbons (Fsp3) is 0.375. The summed E-state index contributed by atoms with van der Waals surface area (Å²) in [6, 6.07) is 13.0. The quantitative estimate of drug-likeness (QED) is 0.662. The Bertz CT molecular complexity index is 1000. The highest BCUT2D eigenvalue weighted by atomic mass is 16.5. The van der Waals surface area contributed by atoms with Gasteiger partial charge in [-0.3, -0.25) is 4.98 Å². The molecule has 1 fully saturated rings. The highest BCUT2D eigenvalue weighted by Gasteiger charge is 2.38. The second-order valence-electron chi connectivity index (χ2n) is 9.27. The second-order valence-corrected chi connectivity index (χ2v) is 9.27. The average molecular weight is 405 g/mol. The van der Waals surface area contributed by atoms with Crippen LogP contribution in [0.3, 0.4) is 0 Å². The monoisotopic (exact) mass is 404 g/mol. The van der Waals surface area contributed by atoms with Crippen LogP contribution in [0.1, 0.15) is 40.5 Å². The molecule has 0 bridgehead atoms. The molecular weight excluding hydrogens is 376 g/mol. The first-order valence-corrected chi connectivity index (χ1v) is 10.2. The van der Waals surface area contributed by atoms with E-state index in [1.165, 1.54) is 0 Å². The molecule has 0 aliphatic carbocycles. The van der Waals surface area contributed by atoms with Gasteiger partial charge in [0.2, 0.25) is 5.88 Å². The molecule has 3 aromatic rings. The average Bonchev–Trinajstić information content (AvgIpc) is 2.67. The van der Waals surface area contributed by atoms with Crippen LogP contribution in [-0.4, -0.2) is 37.5 Å². The van der Waals surface area contributed by atoms with Gasteiger partial charge in [0.25, 0.3) is 0 Å². The van der Waals surface area contributed by atoms with Crippen LogP contribution in [0.2, 0.25) is 0 Å². The second kappa shape index (κ2) is 7.69. The number of hydrogen-bond acceptors (Lipinski definition) is 6. The van der Waals surface area contributed by atoms with Crippen molar-refractivity contribution in [1.29, 1.82) is 0 Å². The van der Waals surface area contributed by atoms with Gasteiger partial charge in [0.1, 0.15) is 11.9 Å². The first kappa shape index (κ1) is 20.3. The van der Waals surface area contributed by atoms with E-state index in [0.717, 1.165) is 24.0 Å². The number of rotatable bonds is 4. The lowest BCUT2D eigenvalue weighted by Gasteiger charge is -2.46. The number of nitrogens with zero attached hydrogens (tertiary/aromatic N) is 3. The molecule has 4 rings (SSSR count). The van der Waals surface area contributed by atoms with Gasteiger partial charge in [-0.2, -0.15) is 0 Å². The fourth-order valence-electron chi connectivity index (χ4n) is 4.48. The number of nitrogens with one attached hydrogen (secondary N) is 1. The van der Waals surface area contributed by atoms with Gasteiger partial charge in [-0.25, -0.2) is 0 Å². The van der Waals surface area contributed by atoms with E-state index in [9.17, 15) is 5.11 Å². The van der Waals surface area contributed by atoms with Crippen molar-refractivity contribution in [2.75, 3.05) is 0 Å². The van der Waals surface area contributed by atoms with E-state index in [1.807, 2.05) is 36.4 Å². The first-order valence-electron chi connectivity index (χ1n) is 10.2. The van der Waals surface area contributed by atoms with Gasteiger partial charge in [0, 0.05) is 47.9 Å². The van der Waals surface area contributed by atoms with E-state index in [2.05, 4.69) is 48.2 Å². The molecule has 3 heterocycles. The summed E-state index contributed by atoms with van der Waals surface area (Å²) in [4.78, 5) is 4.03. The smallest absolute Gasteiger partial charge is 0.233 e. The SMILES string of the molecule is CC1(C)CC(Oc2ccc(-c3ccc(-c4ccncc4)cc3O)nn2)CC(C)(C)N1. The first-order chi connectivity index (χ1) is 14.2. The molecule has 1 saturated heterocycles. The molecule has 1 aliphatic heterocycles. The molecule has 0 radical (unpaired) electrons. The van der Waals surface area contributed by atoms with Crippen LogP contribution >= 0.6 is 0 Å². The number of benzene rings is 1. The predicted molar refractivity (Wildman–Crippen MR) is 117 cm³/mol. The normalized spacial score (nSPS) is 18.1. The van der Waals surface area contributed by atoms with Gasteiger partial charge < -0.3 is 15.2 Å². The van der Waals surface area contributed by atoms with Crippen LogP contribution in [0.15, 0.2) is 54.9 Å². The molecule has 0 spiro atoms. The van der Waals surface area contributed by atoms with Gasteiger partial charge in [-0.1, -0.05) is 6.07 Å². The molecule has 0 saturated carbocycles. The van der Waals surface area contributed by atoms with Gasteiger partial charge in [-0.05, 0) is 69.2 Å². The molecular formula is C24H28N4O2. The molecule has 30 heavy (non-hydrogen) atoms. The fourth-order valence-corrected chi connectivity index (χ4v) is 4.48. The number of piperidine rings is 1. The van der Waals surface area contributed by atoms with E-state index >= 15 is 0 Å². The minimum absolute atomic E-state index is 0.00212. The summed E-state index contributed by atoms with van der Waals surface area (Å²) in [5.41, 5.74) is 3.16. The highest BCUT2D eigenvalue weighted by Crippen LogP contribution is 2.33. The van der Waals surface area contributed by atoms with E-state index in [4.69, 9.17) is 4.74 Å². The maximum absolute atomic E-state index is 10.5. The molecule has 6 heteroatoms. The van der Waals surface area contributed by atoms with Crippen molar-refractivity contribution >= 4 is 0 Å². The van der Waals surface area contributed by atoms with Gasteiger partial charge in [0.05, 0.1) is 5.69 Å². The van der Waals surface area contributed by atoms with E-state index < -0.39 is 0 Å². The lowest BCUT2D eigenvalue weighted by atomic mass is 9.81. The summed E-state index contributed by atoms with van der Waals surface area (Å²) >= 11 is 0. The summed E-state index contributed by atoms with van der Waals surface area (Å²) in [6.07, 6.45) is 5.34. The summed E-state index contributed by atoms with van der Waals surface area (Å²) < 4.78 is 6.14. The Kier molecular flexibility index (Phi) is 5.20. The number of phenolic OH excluding ortho intramolecular Hbond substituents is 1. The van der Waals surface area contributed by atoms with Crippen LogP contribution in [0.25, 0.3) is 22.4 Å². The summed E-state index contributed by atoms with van der Waals surface area (Å²) in [6.45, 7) is 8.77. The Labute approximate surface area is 177 Å². The zero-order valence-electron chi connectivity index (χ0n) is 17.9. The molecule has 0 unspecified atom stereocenters. The Morgan fingerprint density at radius 1 is 0.900 bits per heavy atom. The molecule has 2 aromatic heterocycles. The third-order valence-corrected chi connectivity index (χ3v) is 5.37. The summed E-state index contributed by atoms with van der Waals surface area (Å²) in [5, 5.41) is 22.7. The zero-order valence-corrected chi connectivity index (χ0v) is 17.9. The third kappa shape index (κ3) is 4.60. The number of phenols is 1. The summed E-state index contributed by atoms with van der Waals surface area (Å²) in [5.74, 6) is 0.666.